The summed E-state index contributed by atoms with van der Waals surface area (Å²) in [6.45, 7) is 0. The van der Waals surface area contributed by atoms with Crippen molar-refractivity contribution in [1.82, 2.24) is 10.7 Å². The third-order valence-corrected chi connectivity index (χ3v) is 4.77. The van der Waals surface area contributed by atoms with Crippen molar-refractivity contribution >= 4 is 40.0 Å². The molecule has 162 valence electrons. The number of phenolic OH excluding ortho intramolecular Hbond substituents is 1. The van der Waals surface area contributed by atoms with Crippen molar-refractivity contribution in [2.75, 3.05) is 7.11 Å². The van der Waals surface area contributed by atoms with Crippen molar-refractivity contribution in [3.63, 3.8) is 0 Å². The van der Waals surface area contributed by atoms with Crippen LogP contribution in [0.2, 0.25) is 0 Å². The van der Waals surface area contributed by atoms with Crippen LogP contribution in [-0.2, 0) is 4.79 Å². The van der Waals surface area contributed by atoms with Gasteiger partial charge in [-0.25, -0.2) is 5.43 Å². The second kappa shape index (κ2) is 10.9. The zero-order valence-corrected chi connectivity index (χ0v) is 18.7. The van der Waals surface area contributed by atoms with Crippen molar-refractivity contribution in [3.8, 4) is 11.5 Å². The number of ether oxygens (including phenoxy) is 1. The van der Waals surface area contributed by atoms with E-state index >= 15 is 0 Å². The molecule has 0 unspecified atom stereocenters. The number of halogens is 1. The average Bonchev–Trinajstić information content (AvgIpc) is 2.80. The number of methoxy groups -OCH3 is 1. The molecule has 0 saturated carbocycles. The lowest BCUT2D eigenvalue weighted by molar-refractivity contribution is -0.117. The smallest absolute Gasteiger partial charge is 0.287 e. The van der Waals surface area contributed by atoms with Crippen molar-refractivity contribution < 1.29 is 19.4 Å². The number of amides is 2. The molecule has 0 aliphatic rings. The largest absolute Gasteiger partial charge is 0.504 e. The van der Waals surface area contributed by atoms with E-state index in [2.05, 4.69) is 31.8 Å². The Morgan fingerprint density at radius 3 is 2.50 bits per heavy atom. The van der Waals surface area contributed by atoms with Crippen LogP contribution < -0.4 is 15.5 Å². The topological polar surface area (TPSA) is 100 Å². The fraction of sp³-hybridized carbons (Fsp3) is 0.0417. The van der Waals surface area contributed by atoms with E-state index in [4.69, 9.17) is 4.74 Å². The minimum absolute atomic E-state index is 0.00319. The predicted molar refractivity (Wildman–Crippen MR) is 126 cm³/mol. The van der Waals surface area contributed by atoms with Crippen LogP contribution in [0.1, 0.15) is 21.5 Å². The molecule has 0 bridgehead atoms. The van der Waals surface area contributed by atoms with E-state index in [0.717, 1.165) is 4.47 Å². The lowest BCUT2D eigenvalue weighted by Crippen LogP contribution is -2.32. The monoisotopic (exact) mass is 493 g/mol. The number of nitrogens with zero attached hydrogens (tertiary/aromatic N) is 1. The third kappa shape index (κ3) is 6.29. The number of hydrogen-bond donors (Lipinski definition) is 3. The van der Waals surface area contributed by atoms with Crippen LogP contribution in [0.15, 0.2) is 88.1 Å². The Bertz CT molecular complexity index is 1180. The maximum atomic E-state index is 12.8. The van der Waals surface area contributed by atoms with E-state index in [0.29, 0.717) is 16.7 Å². The SMILES string of the molecule is COc1cc(/C=N/NC(=O)/C(=C\c2cccc(Br)c2)NC(=O)c2ccccc2)ccc1O. The minimum Gasteiger partial charge on any atom is -0.504 e. The lowest BCUT2D eigenvalue weighted by Gasteiger charge is -2.09. The molecule has 0 spiro atoms. The highest BCUT2D eigenvalue weighted by Crippen LogP contribution is 2.25. The van der Waals surface area contributed by atoms with E-state index in [9.17, 15) is 14.7 Å². The number of nitrogens with one attached hydrogen (secondary N) is 2. The van der Waals surface area contributed by atoms with Gasteiger partial charge in [0.2, 0.25) is 0 Å². The number of benzene rings is 3. The number of carbonyl (C=O) groups excluding carboxylic acids is 2. The number of rotatable bonds is 7. The van der Waals surface area contributed by atoms with Crippen molar-refractivity contribution in [3.05, 3.63) is 99.7 Å². The van der Waals surface area contributed by atoms with Crippen molar-refractivity contribution in [2.45, 2.75) is 0 Å². The highest BCUT2D eigenvalue weighted by molar-refractivity contribution is 9.10. The second-order valence-electron chi connectivity index (χ2n) is 6.56. The van der Waals surface area contributed by atoms with Crippen LogP contribution in [0.25, 0.3) is 6.08 Å². The fourth-order valence-electron chi connectivity index (χ4n) is 2.71. The van der Waals surface area contributed by atoms with E-state index < -0.39 is 11.8 Å². The Kier molecular flexibility index (Phi) is 7.77. The van der Waals surface area contributed by atoms with Crippen LogP contribution >= 0.6 is 15.9 Å². The Balaban J connectivity index is 1.80. The van der Waals surface area contributed by atoms with Gasteiger partial charge in [0.1, 0.15) is 5.70 Å². The summed E-state index contributed by atoms with van der Waals surface area (Å²) in [5.41, 5.74) is 4.17. The molecule has 0 aliphatic heterocycles. The molecule has 0 fully saturated rings. The third-order valence-electron chi connectivity index (χ3n) is 4.27. The van der Waals surface area contributed by atoms with Gasteiger partial charge in [-0.3, -0.25) is 9.59 Å². The van der Waals surface area contributed by atoms with E-state index in [1.807, 2.05) is 18.2 Å². The standard InChI is InChI=1S/C24H20BrN3O4/c1-32-22-14-17(10-11-21(22)29)15-26-28-24(31)20(13-16-6-5-9-19(25)12-16)27-23(30)18-7-3-2-4-8-18/h2-15,29H,1H3,(H,27,30)(H,28,31)/b20-13+,26-15+. The van der Waals surface area contributed by atoms with E-state index in [1.165, 1.54) is 19.4 Å². The first-order valence-corrected chi connectivity index (χ1v) is 10.3. The Morgan fingerprint density at radius 1 is 1.00 bits per heavy atom. The summed E-state index contributed by atoms with van der Waals surface area (Å²) in [6, 6.07) is 20.5. The zero-order valence-electron chi connectivity index (χ0n) is 17.1. The van der Waals surface area contributed by atoms with Crippen LogP contribution in [0.4, 0.5) is 0 Å². The lowest BCUT2D eigenvalue weighted by atomic mass is 10.1. The van der Waals surface area contributed by atoms with Gasteiger partial charge in [0.15, 0.2) is 11.5 Å². The molecule has 0 heterocycles. The number of hydrogen-bond acceptors (Lipinski definition) is 5. The number of carbonyl (C=O) groups is 2. The van der Waals surface area contributed by atoms with Gasteiger partial charge in [0.25, 0.3) is 11.8 Å². The molecular formula is C24H20BrN3O4. The van der Waals surface area contributed by atoms with E-state index in [1.54, 1.807) is 54.6 Å². The molecule has 0 saturated heterocycles. The molecular weight excluding hydrogens is 474 g/mol. The molecule has 0 atom stereocenters. The fourth-order valence-corrected chi connectivity index (χ4v) is 3.12. The molecule has 7 nitrogen and oxygen atoms in total. The molecule has 32 heavy (non-hydrogen) atoms. The van der Waals surface area contributed by atoms with Gasteiger partial charge in [0.05, 0.1) is 13.3 Å². The summed E-state index contributed by atoms with van der Waals surface area (Å²) in [5.74, 6) is -0.743. The van der Waals surface area contributed by atoms with Gasteiger partial charge in [-0.1, -0.05) is 46.3 Å². The van der Waals surface area contributed by atoms with Crippen LogP contribution in [0, 0.1) is 0 Å². The Hall–Kier alpha value is -3.91. The van der Waals surface area contributed by atoms with Crippen molar-refractivity contribution in [1.29, 1.82) is 0 Å². The van der Waals surface area contributed by atoms with E-state index in [-0.39, 0.29) is 17.2 Å². The van der Waals surface area contributed by atoms with Crippen molar-refractivity contribution in [2.24, 2.45) is 5.10 Å². The summed E-state index contributed by atoms with van der Waals surface area (Å²) >= 11 is 3.39. The molecule has 3 aromatic carbocycles. The zero-order chi connectivity index (χ0) is 22.9. The van der Waals surface area contributed by atoms with Gasteiger partial charge < -0.3 is 15.2 Å². The first kappa shape index (κ1) is 22.8. The quantitative estimate of drug-likeness (QED) is 0.262. The van der Waals surface area contributed by atoms with Gasteiger partial charge in [0, 0.05) is 10.0 Å². The summed E-state index contributed by atoms with van der Waals surface area (Å²) < 4.78 is 5.89. The molecule has 2 amide bonds. The summed E-state index contributed by atoms with van der Waals surface area (Å²) in [7, 11) is 1.44. The second-order valence-corrected chi connectivity index (χ2v) is 7.48. The van der Waals surface area contributed by atoms with Gasteiger partial charge in [-0.05, 0) is 59.7 Å². The molecule has 0 aliphatic carbocycles. The molecule has 3 N–H and O–H groups in total. The summed E-state index contributed by atoms with van der Waals surface area (Å²) in [4.78, 5) is 25.4. The normalized spacial score (nSPS) is 11.2. The first-order chi connectivity index (χ1) is 15.5. The molecule has 3 aromatic rings. The van der Waals surface area contributed by atoms with Gasteiger partial charge in [-0.2, -0.15) is 5.10 Å². The van der Waals surface area contributed by atoms with Crippen LogP contribution in [-0.4, -0.2) is 30.2 Å². The minimum atomic E-state index is -0.601. The maximum Gasteiger partial charge on any atom is 0.287 e. The van der Waals surface area contributed by atoms with Gasteiger partial charge in [-0.15, -0.1) is 0 Å². The highest BCUT2D eigenvalue weighted by atomic mass is 79.9. The highest BCUT2D eigenvalue weighted by Gasteiger charge is 2.14. The molecule has 0 radical (unpaired) electrons. The van der Waals surface area contributed by atoms with Gasteiger partial charge >= 0.3 is 0 Å². The first-order valence-electron chi connectivity index (χ1n) is 9.50. The molecule has 0 aromatic heterocycles. The average molecular weight is 494 g/mol. The Labute approximate surface area is 193 Å². The maximum absolute atomic E-state index is 12.8. The summed E-state index contributed by atoms with van der Waals surface area (Å²) in [6.07, 6.45) is 2.95. The number of aromatic hydroxyl groups is 1. The van der Waals surface area contributed by atoms with Crippen LogP contribution in [0.3, 0.4) is 0 Å². The molecule has 3 rings (SSSR count). The number of hydrazone groups is 1. The predicted octanol–water partition coefficient (Wildman–Crippen LogP) is 4.08. The number of phenols is 1. The Morgan fingerprint density at radius 2 is 1.78 bits per heavy atom. The molecule has 8 heteroatoms. The summed E-state index contributed by atoms with van der Waals surface area (Å²) in [5, 5.41) is 16.3. The van der Waals surface area contributed by atoms with Crippen LogP contribution in [0.5, 0.6) is 11.5 Å².